The van der Waals surface area contributed by atoms with Crippen molar-refractivity contribution in [2.75, 3.05) is 13.7 Å². The van der Waals surface area contributed by atoms with Gasteiger partial charge in [-0.05, 0) is 53.6 Å². The maximum Gasteiger partial charge on any atom is 0.311 e. The lowest BCUT2D eigenvalue weighted by atomic mass is 9.82. The van der Waals surface area contributed by atoms with Gasteiger partial charge >= 0.3 is 5.97 Å². The molecule has 31 heavy (non-hydrogen) atoms. The van der Waals surface area contributed by atoms with Crippen LogP contribution in [0.25, 0.3) is 6.08 Å². The molecule has 0 atom stereocenters. The Bertz CT molecular complexity index is 918. The second-order valence-corrected chi connectivity index (χ2v) is 7.70. The van der Waals surface area contributed by atoms with Crippen LogP contribution in [0, 0.1) is 10.1 Å². The Kier molecular flexibility index (Phi) is 8.61. The molecule has 2 rings (SSSR count). The molecule has 0 aliphatic carbocycles. The summed E-state index contributed by atoms with van der Waals surface area (Å²) < 4.78 is 16.3. The molecule has 166 valence electrons. The first-order valence-electron chi connectivity index (χ1n) is 10.2. The highest BCUT2D eigenvalue weighted by atomic mass is 16.6. The highest BCUT2D eigenvalue weighted by Gasteiger charge is 2.17. The zero-order chi connectivity index (χ0) is 22.9. The van der Waals surface area contributed by atoms with Crippen molar-refractivity contribution >= 4 is 12.0 Å². The van der Waals surface area contributed by atoms with Crippen molar-refractivity contribution in [1.82, 2.24) is 0 Å². The van der Waals surface area contributed by atoms with Gasteiger partial charge in [0.2, 0.25) is 6.20 Å². The predicted octanol–water partition coefficient (Wildman–Crippen LogP) is 5.39. The summed E-state index contributed by atoms with van der Waals surface area (Å²) in [5, 5.41) is 10.4. The molecule has 7 nitrogen and oxygen atoms in total. The molecule has 0 saturated heterocycles. The summed E-state index contributed by atoms with van der Waals surface area (Å²) in [4.78, 5) is 22.0. The Hall–Kier alpha value is -3.35. The summed E-state index contributed by atoms with van der Waals surface area (Å²) in [5.41, 5.74) is 1.96. The van der Waals surface area contributed by atoms with Crippen LogP contribution in [0.5, 0.6) is 17.2 Å². The number of benzene rings is 2. The van der Waals surface area contributed by atoms with E-state index in [-0.39, 0.29) is 17.6 Å². The van der Waals surface area contributed by atoms with Crippen molar-refractivity contribution in [3.05, 3.63) is 69.9 Å². The van der Waals surface area contributed by atoms with E-state index in [2.05, 4.69) is 32.9 Å². The molecule has 0 aromatic heterocycles. The largest absolute Gasteiger partial charge is 0.494 e. The van der Waals surface area contributed by atoms with Gasteiger partial charge in [0.25, 0.3) is 0 Å². The number of hydrogen-bond acceptors (Lipinski definition) is 6. The Morgan fingerprint density at radius 2 is 1.84 bits per heavy atom. The zero-order valence-electron chi connectivity index (χ0n) is 18.4. The maximum absolute atomic E-state index is 12.1. The molecular weight excluding hydrogens is 398 g/mol. The van der Waals surface area contributed by atoms with Gasteiger partial charge in [-0.1, -0.05) is 39.0 Å². The fraction of sp³-hybridized carbons (Fsp3) is 0.375. The lowest BCUT2D eigenvalue weighted by Gasteiger charge is -2.23. The van der Waals surface area contributed by atoms with Crippen molar-refractivity contribution in [3.8, 4) is 17.2 Å². The molecule has 0 radical (unpaired) electrons. The normalized spacial score (nSPS) is 11.4. The van der Waals surface area contributed by atoms with E-state index in [0.29, 0.717) is 24.3 Å². The fourth-order valence-electron chi connectivity index (χ4n) is 2.81. The van der Waals surface area contributed by atoms with Crippen molar-refractivity contribution in [3.63, 3.8) is 0 Å². The average molecular weight is 427 g/mol. The Balaban J connectivity index is 1.82. The molecular formula is C24H29NO6. The van der Waals surface area contributed by atoms with Gasteiger partial charge in [0.15, 0.2) is 11.5 Å². The van der Waals surface area contributed by atoms with Gasteiger partial charge in [0.05, 0.1) is 18.6 Å². The summed E-state index contributed by atoms with van der Waals surface area (Å²) in [5.74, 6) is 0.950. The third kappa shape index (κ3) is 7.44. The molecule has 0 saturated carbocycles. The third-order valence-corrected chi connectivity index (χ3v) is 5.11. The van der Waals surface area contributed by atoms with Crippen LogP contribution in [-0.2, 0) is 10.2 Å². The second-order valence-electron chi connectivity index (χ2n) is 7.70. The number of carbonyl (C=O) groups excluding carboxylic acids is 1. The number of esters is 1. The summed E-state index contributed by atoms with van der Waals surface area (Å²) in [7, 11) is 1.44. The van der Waals surface area contributed by atoms with Crippen molar-refractivity contribution in [2.24, 2.45) is 0 Å². The number of nitro groups is 1. The number of methoxy groups -OCH3 is 1. The smallest absolute Gasteiger partial charge is 0.311 e. The molecule has 0 bridgehead atoms. The zero-order valence-corrected chi connectivity index (χ0v) is 18.4. The van der Waals surface area contributed by atoms with Gasteiger partial charge in [0, 0.05) is 12.5 Å². The van der Waals surface area contributed by atoms with Crippen LogP contribution in [0.2, 0.25) is 0 Å². The van der Waals surface area contributed by atoms with E-state index in [0.717, 1.165) is 18.4 Å². The number of carbonyl (C=O) groups is 1. The molecule has 0 spiro atoms. The number of rotatable bonds is 11. The van der Waals surface area contributed by atoms with Gasteiger partial charge in [0.1, 0.15) is 5.75 Å². The van der Waals surface area contributed by atoms with E-state index in [1.54, 1.807) is 18.2 Å². The van der Waals surface area contributed by atoms with Gasteiger partial charge < -0.3 is 14.2 Å². The van der Waals surface area contributed by atoms with Crippen LogP contribution in [0.3, 0.4) is 0 Å². The highest BCUT2D eigenvalue weighted by molar-refractivity contribution is 5.73. The first kappa shape index (κ1) is 23.9. The molecule has 0 fully saturated rings. The number of hydrogen-bond donors (Lipinski definition) is 0. The number of nitrogens with zero attached hydrogens (tertiary/aromatic N) is 1. The van der Waals surface area contributed by atoms with Gasteiger partial charge in [-0.15, -0.1) is 0 Å². The molecule has 0 N–H and O–H groups in total. The fourth-order valence-corrected chi connectivity index (χ4v) is 2.81. The second kappa shape index (κ2) is 11.2. The average Bonchev–Trinajstić information content (AvgIpc) is 2.76. The summed E-state index contributed by atoms with van der Waals surface area (Å²) in [6, 6.07) is 12.8. The van der Waals surface area contributed by atoms with E-state index in [9.17, 15) is 14.9 Å². The Morgan fingerprint density at radius 1 is 1.13 bits per heavy atom. The summed E-state index contributed by atoms with van der Waals surface area (Å²) in [6.45, 7) is 6.98. The lowest BCUT2D eigenvalue weighted by molar-refractivity contribution is -0.400. The lowest BCUT2D eigenvalue weighted by Crippen LogP contribution is -2.15. The van der Waals surface area contributed by atoms with Gasteiger partial charge in [-0.25, -0.2) is 0 Å². The summed E-state index contributed by atoms with van der Waals surface area (Å²) in [6.07, 6.45) is 3.92. The molecule has 0 aliphatic rings. The Labute approximate surface area is 182 Å². The molecule has 0 aliphatic heterocycles. The minimum Gasteiger partial charge on any atom is -0.494 e. The molecule has 0 amide bonds. The van der Waals surface area contributed by atoms with Gasteiger partial charge in [-0.3, -0.25) is 14.9 Å². The van der Waals surface area contributed by atoms with E-state index < -0.39 is 10.9 Å². The monoisotopic (exact) mass is 427 g/mol. The quantitative estimate of drug-likeness (QED) is 0.157. The van der Waals surface area contributed by atoms with Crippen LogP contribution >= 0.6 is 0 Å². The topological polar surface area (TPSA) is 87.9 Å². The van der Waals surface area contributed by atoms with Crippen molar-refractivity contribution < 1.29 is 23.9 Å². The Morgan fingerprint density at radius 3 is 2.45 bits per heavy atom. The maximum atomic E-state index is 12.1. The van der Waals surface area contributed by atoms with E-state index in [1.807, 2.05) is 12.1 Å². The first-order valence-corrected chi connectivity index (χ1v) is 10.2. The van der Waals surface area contributed by atoms with Crippen molar-refractivity contribution in [1.29, 1.82) is 0 Å². The first-order chi connectivity index (χ1) is 14.7. The summed E-state index contributed by atoms with van der Waals surface area (Å²) >= 11 is 0. The molecule has 2 aromatic carbocycles. The molecule has 7 heteroatoms. The van der Waals surface area contributed by atoms with Gasteiger partial charge in [-0.2, -0.15) is 0 Å². The molecule has 0 unspecified atom stereocenters. The minimum absolute atomic E-state index is 0.129. The van der Waals surface area contributed by atoms with E-state index in [1.165, 1.54) is 18.7 Å². The highest BCUT2D eigenvalue weighted by Crippen LogP contribution is 2.29. The number of ether oxygens (including phenoxy) is 3. The van der Waals surface area contributed by atoms with Crippen LogP contribution in [-0.4, -0.2) is 24.6 Å². The third-order valence-electron chi connectivity index (χ3n) is 5.11. The molecule has 0 heterocycles. The van der Waals surface area contributed by atoms with Crippen LogP contribution in [0.15, 0.2) is 48.7 Å². The van der Waals surface area contributed by atoms with Crippen LogP contribution in [0.4, 0.5) is 0 Å². The SMILES string of the molecule is CCC(C)(C)c1ccc(OCCCC(=O)Oc2ccc(/C=C/[N+](=O)[O-])cc2OC)cc1. The van der Waals surface area contributed by atoms with Crippen molar-refractivity contribution in [2.45, 2.75) is 45.4 Å². The van der Waals surface area contributed by atoms with E-state index >= 15 is 0 Å². The standard InChI is InChI=1S/C24H29NO6/c1-5-24(2,3)19-9-11-20(12-10-19)30-16-6-7-23(26)31-21-13-8-18(14-15-25(27)28)17-22(21)29-4/h8-15,17H,5-7,16H2,1-4H3/b15-14+. The molecule has 2 aromatic rings. The predicted molar refractivity (Wildman–Crippen MR) is 119 cm³/mol. The van der Waals surface area contributed by atoms with Crippen LogP contribution in [0.1, 0.15) is 51.2 Å². The minimum atomic E-state index is -0.553. The van der Waals surface area contributed by atoms with Crippen LogP contribution < -0.4 is 14.2 Å². The van der Waals surface area contributed by atoms with E-state index in [4.69, 9.17) is 14.2 Å².